The van der Waals surface area contributed by atoms with Crippen molar-refractivity contribution in [2.75, 3.05) is 10.0 Å². The zero-order valence-electron chi connectivity index (χ0n) is 12.1. The molecule has 2 aromatic carbocycles. The van der Waals surface area contributed by atoms with Crippen LogP contribution in [0.1, 0.15) is 12.5 Å². The first-order valence-corrected chi connectivity index (χ1v) is 7.93. The number of sulfonamides is 1. The van der Waals surface area contributed by atoms with E-state index in [-0.39, 0.29) is 16.5 Å². The summed E-state index contributed by atoms with van der Waals surface area (Å²) in [6, 6.07) is 10.00. The van der Waals surface area contributed by atoms with Gasteiger partial charge in [-0.3, -0.25) is 9.52 Å². The number of aryl methyl sites for hydroxylation is 1. The van der Waals surface area contributed by atoms with Gasteiger partial charge in [-0.05, 0) is 36.8 Å². The Hall–Kier alpha value is -2.41. The first-order chi connectivity index (χ1) is 10.3. The highest BCUT2D eigenvalue weighted by Gasteiger charge is 2.19. The Balaban J connectivity index is 2.41. The Labute approximate surface area is 128 Å². The van der Waals surface area contributed by atoms with Gasteiger partial charge in [-0.2, -0.15) is 0 Å². The number of benzene rings is 2. The highest BCUT2D eigenvalue weighted by molar-refractivity contribution is 7.92. The molecule has 0 fully saturated rings. The van der Waals surface area contributed by atoms with E-state index >= 15 is 0 Å². The van der Waals surface area contributed by atoms with Gasteiger partial charge in [-0.1, -0.05) is 18.2 Å². The average molecular weight is 322 g/mol. The molecule has 2 N–H and O–H groups in total. The van der Waals surface area contributed by atoms with Gasteiger partial charge >= 0.3 is 0 Å². The number of carbonyl (C=O) groups excluding carboxylic acids is 1. The number of amides is 1. The first-order valence-electron chi connectivity index (χ1n) is 6.45. The highest BCUT2D eigenvalue weighted by Crippen LogP contribution is 2.24. The molecule has 116 valence electrons. The Bertz CT molecular complexity index is 819. The van der Waals surface area contributed by atoms with Crippen LogP contribution in [-0.4, -0.2) is 14.3 Å². The lowest BCUT2D eigenvalue weighted by Crippen LogP contribution is -2.16. The summed E-state index contributed by atoms with van der Waals surface area (Å²) in [5, 5.41) is 2.51. The normalized spacial score (nSPS) is 11.0. The third-order valence-electron chi connectivity index (χ3n) is 2.92. The molecular weight excluding hydrogens is 307 g/mol. The molecule has 5 nitrogen and oxygen atoms in total. The summed E-state index contributed by atoms with van der Waals surface area (Å²) < 4.78 is 40.7. The van der Waals surface area contributed by atoms with Crippen LogP contribution in [0.2, 0.25) is 0 Å². The second kappa shape index (κ2) is 6.15. The minimum Gasteiger partial charge on any atom is -0.326 e. The molecule has 0 aliphatic carbocycles. The Morgan fingerprint density at radius 2 is 1.82 bits per heavy atom. The van der Waals surface area contributed by atoms with Crippen molar-refractivity contribution in [1.82, 2.24) is 0 Å². The van der Waals surface area contributed by atoms with Gasteiger partial charge in [-0.15, -0.1) is 0 Å². The predicted octanol–water partition coefficient (Wildman–Crippen LogP) is 2.89. The Morgan fingerprint density at radius 3 is 2.45 bits per heavy atom. The zero-order valence-corrected chi connectivity index (χ0v) is 12.9. The van der Waals surface area contributed by atoms with Gasteiger partial charge in [-0.25, -0.2) is 12.8 Å². The number of halogens is 1. The van der Waals surface area contributed by atoms with Crippen molar-refractivity contribution in [2.24, 2.45) is 0 Å². The van der Waals surface area contributed by atoms with Crippen LogP contribution in [0.5, 0.6) is 0 Å². The molecule has 22 heavy (non-hydrogen) atoms. The van der Waals surface area contributed by atoms with Crippen LogP contribution in [0.25, 0.3) is 0 Å². The number of nitrogens with one attached hydrogen (secondary N) is 2. The molecule has 0 radical (unpaired) electrons. The molecule has 0 aliphatic heterocycles. The average Bonchev–Trinajstić information content (AvgIpc) is 2.42. The zero-order chi connectivity index (χ0) is 16.3. The highest BCUT2D eigenvalue weighted by atomic mass is 32.2. The van der Waals surface area contributed by atoms with Crippen LogP contribution in [0.4, 0.5) is 15.8 Å². The minimum absolute atomic E-state index is 0.0259. The Morgan fingerprint density at radius 1 is 1.14 bits per heavy atom. The second-order valence-corrected chi connectivity index (χ2v) is 6.40. The van der Waals surface area contributed by atoms with E-state index in [1.165, 1.54) is 37.3 Å². The lowest BCUT2D eigenvalue weighted by molar-refractivity contribution is -0.114. The van der Waals surface area contributed by atoms with Crippen LogP contribution < -0.4 is 10.0 Å². The summed E-state index contributed by atoms with van der Waals surface area (Å²) >= 11 is 0. The summed E-state index contributed by atoms with van der Waals surface area (Å²) in [6.45, 7) is 2.94. The van der Waals surface area contributed by atoms with Crippen molar-refractivity contribution in [3.8, 4) is 0 Å². The van der Waals surface area contributed by atoms with Crippen molar-refractivity contribution in [3.63, 3.8) is 0 Å². The molecule has 2 aromatic rings. The van der Waals surface area contributed by atoms with Crippen LogP contribution in [0.15, 0.2) is 47.4 Å². The molecule has 1 amide bonds. The maximum atomic E-state index is 13.6. The van der Waals surface area contributed by atoms with E-state index < -0.39 is 15.8 Å². The fourth-order valence-electron chi connectivity index (χ4n) is 1.91. The molecule has 7 heteroatoms. The lowest BCUT2D eigenvalue weighted by atomic mass is 10.2. The van der Waals surface area contributed by atoms with Crippen LogP contribution in [-0.2, 0) is 14.8 Å². The molecule has 0 aromatic heterocycles. The maximum Gasteiger partial charge on any atom is 0.262 e. The second-order valence-electron chi connectivity index (χ2n) is 4.75. The molecule has 0 bridgehead atoms. The van der Waals surface area contributed by atoms with Crippen LogP contribution in [0, 0.1) is 12.7 Å². The number of hydrogen-bond donors (Lipinski definition) is 2. The molecule has 0 saturated heterocycles. The van der Waals surface area contributed by atoms with Crippen LogP contribution in [0.3, 0.4) is 0 Å². The minimum atomic E-state index is -3.97. The molecule has 0 spiro atoms. The molecule has 0 atom stereocenters. The summed E-state index contributed by atoms with van der Waals surface area (Å²) in [5.41, 5.74) is 0.705. The summed E-state index contributed by atoms with van der Waals surface area (Å²) in [4.78, 5) is 11.0. The topological polar surface area (TPSA) is 75.3 Å². The van der Waals surface area contributed by atoms with Gasteiger partial charge in [0.25, 0.3) is 10.0 Å². The summed E-state index contributed by atoms with van der Waals surface area (Å²) in [6.07, 6.45) is 0. The number of rotatable bonds is 4. The smallest absolute Gasteiger partial charge is 0.262 e. The monoisotopic (exact) mass is 322 g/mol. The van der Waals surface area contributed by atoms with E-state index in [0.29, 0.717) is 11.3 Å². The van der Waals surface area contributed by atoms with Gasteiger partial charge in [0.1, 0.15) is 5.82 Å². The molecule has 0 unspecified atom stereocenters. The molecule has 0 saturated carbocycles. The van der Waals surface area contributed by atoms with Gasteiger partial charge in [0.2, 0.25) is 5.91 Å². The number of carbonyl (C=O) groups is 1. The van der Waals surface area contributed by atoms with Gasteiger partial charge in [0.05, 0.1) is 10.6 Å². The number of para-hydroxylation sites is 1. The Kier molecular flexibility index (Phi) is 4.46. The standard InChI is InChI=1S/C15H15FN2O3S/c1-10-7-8-12(17-11(2)19)9-15(10)22(20,21)18-14-6-4-3-5-13(14)16/h3-9,18H,1-2H3,(H,17,19). The maximum absolute atomic E-state index is 13.6. The van der Waals surface area contributed by atoms with Crippen molar-refractivity contribution in [1.29, 1.82) is 0 Å². The quantitative estimate of drug-likeness (QED) is 0.909. The summed E-state index contributed by atoms with van der Waals surface area (Å²) in [5.74, 6) is -0.976. The number of anilines is 2. The molecule has 0 heterocycles. The third kappa shape index (κ3) is 3.62. The van der Waals surface area contributed by atoms with E-state index in [9.17, 15) is 17.6 Å². The SMILES string of the molecule is CC(=O)Nc1ccc(C)c(S(=O)(=O)Nc2ccccc2F)c1. The fraction of sp³-hybridized carbons (Fsp3) is 0.133. The van der Waals surface area contributed by atoms with Crippen molar-refractivity contribution in [2.45, 2.75) is 18.7 Å². The molecular formula is C15H15FN2O3S. The lowest BCUT2D eigenvalue weighted by Gasteiger charge is -2.12. The fourth-order valence-corrected chi connectivity index (χ4v) is 3.25. The van der Waals surface area contributed by atoms with Gasteiger partial charge in [0, 0.05) is 12.6 Å². The molecule has 2 rings (SSSR count). The van der Waals surface area contributed by atoms with E-state index in [1.54, 1.807) is 19.1 Å². The number of hydrogen-bond acceptors (Lipinski definition) is 3. The largest absolute Gasteiger partial charge is 0.326 e. The van der Waals surface area contributed by atoms with E-state index in [1.807, 2.05) is 0 Å². The predicted molar refractivity (Wildman–Crippen MR) is 82.7 cm³/mol. The van der Waals surface area contributed by atoms with E-state index in [2.05, 4.69) is 10.0 Å². The van der Waals surface area contributed by atoms with Crippen molar-refractivity contribution in [3.05, 3.63) is 53.8 Å². The van der Waals surface area contributed by atoms with Gasteiger partial charge < -0.3 is 5.32 Å². The van der Waals surface area contributed by atoms with E-state index in [4.69, 9.17) is 0 Å². The van der Waals surface area contributed by atoms with Crippen LogP contribution >= 0.6 is 0 Å². The molecule has 0 aliphatic rings. The van der Waals surface area contributed by atoms with Gasteiger partial charge in [0.15, 0.2) is 0 Å². The van der Waals surface area contributed by atoms with Crippen molar-refractivity contribution < 1.29 is 17.6 Å². The summed E-state index contributed by atoms with van der Waals surface area (Å²) in [7, 11) is -3.97. The first kappa shape index (κ1) is 16.0. The van der Waals surface area contributed by atoms with E-state index in [0.717, 1.165) is 0 Å². The third-order valence-corrected chi connectivity index (χ3v) is 4.42. The van der Waals surface area contributed by atoms with Crippen molar-refractivity contribution >= 4 is 27.3 Å².